The number of rotatable bonds is 8. The molecule has 0 heterocycles. The molecule has 0 aromatic heterocycles. The topological polar surface area (TPSA) is 79.9 Å². The van der Waals surface area contributed by atoms with Crippen molar-refractivity contribution in [3.05, 3.63) is 83.2 Å². The van der Waals surface area contributed by atoms with Gasteiger partial charge in [0.15, 0.2) is 0 Å². The number of ether oxygens (including phenoxy) is 2. The lowest BCUT2D eigenvalue weighted by Crippen LogP contribution is -2.26. The summed E-state index contributed by atoms with van der Waals surface area (Å²) in [7, 11) is 6.59. The number of carbonyl (C=O) groups is 2. The number of nitrogens with one attached hydrogen (secondary N) is 2. The van der Waals surface area contributed by atoms with Gasteiger partial charge in [0.2, 0.25) is 0 Å². The van der Waals surface area contributed by atoms with Crippen LogP contribution in [0.4, 0.5) is 15.8 Å². The molecule has 0 radical (unpaired) electrons. The quantitative estimate of drug-likeness (QED) is 0.539. The van der Waals surface area contributed by atoms with Gasteiger partial charge >= 0.3 is 0 Å². The van der Waals surface area contributed by atoms with Crippen molar-refractivity contribution in [3.8, 4) is 11.5 Å². The SMILES string of the molecule is COc1cccc(OC)c1C(=O)Nc1ccc(N(C)C)c(C(=O)NCc2ccc(F)cc2)c1. The highest BCUT2D eigenvalue weighted by Crippen LogP contribution is 2.30. The summed E-state index contributed by atoms with van der Waals surface area (Å²) in [6.07, 6.45) is 0. The van der Waals surface area contributed by atoms with E-state index in [-0.39, 0.29) is 23.8 Å². The molecule has 2 amide bonds. The Morgan fingerprint density at radius 1 is 0.909 bits per heavy atom. The molecule has 0 fully saturated rings. The number of hydrogen-bond acceptors (Lipinski definition) is 5. The fourth-order valence-corrected chi connectivity index (χ4v) is 3.33. The van der Waals surface area contributed by atoms with E-state index in [4.69, 9.17) is 9.47 Å². The van der Waals surface area contributed by atoms with E-state index < -0.39 is 5.91 Å². The number of carbonyl (C=O) groups excluding carboxylic acids is 2. The van der Waals surface area contributed by atoms with E-state index >= 15 is 0 Å². The Morgan fingerprint density at radius 3 is 2.12 bits per heavy atom. The normalized spacial score (nSPS) is 10.3. The molecule has 33 heavy (non-hydrogen) atoms. The number of anilines is 2. The van der Waals surface area contributed by atoms with Gasteiger partial charge in [-0.25, -0.2) is 4.39 Å². The summed E-state index contributed by atoms with van der Waals surface area (Å²) in [6.45, 7) is 0.237. The van der Waals surface area contributed by atoms with Crippen molar-refractivity contribution in [1.29, 1.82) is 0 Å². The molecule has 0 spiro atoms. The summed E-state index contributed by atoms with van der Waals surface area (Å²) in [5.74, 6) is -0.355. The third-order valence-electron chi connectivity index (χ3n) is 5.00. The smallest absolute Gasteiger partial charge is 0.263 e. The van der Waals surface area contributed by atoms with Crippen LogP contribution >= 0.6 is 0 Å². The van der Waals surface area contributed by atoms with Gasteiger partial charge in [0.1, 0.15) is 22.9 Å². The van der Waals surface area contributed by atoms with Crippen LogP contribution in [0, 0.1) is 5.82 Å². The van der Waals surface area contributed by atoms with Gasteiger partial charge in [0, 0.05) is 32.0 Å². The van der Waals surface area contributed by atoms with E-state index in [2.05, 4.69) is 10.6 Å². The number of methoxy groups -OCH3 is 2. The molecular weight excluding hydrogens is 425 g/mol. The third-order valence-corrected chi connectivity index (χ3v) is 5.00. The van der Waals surface area contributed by atoms with Crippen molar-refractivity contribution < 1.29 is 23.5 Å². The Hall–Kier alpha value is -4.07. The first-order chi connectivity index (χ1) is 15.8. The Kier molecular flexibility index (Phi) is 7.50. The number of hydrogen-bond donors (Lipinski definition) is 2. The van der Waals surface area contributed by atoms with Crippen molar-refractivity contribution in [1.82, 2.24) is 5.32 Å². The monoisotopic (exact) mass is 451 g/mol. The van der Waals surface area contributed by atoms with Crippen molar-refractivity contribution in [2.45, 2.75) is 6.54 Å². The van der Waals surface area contributed by atoms with Crippen molar-refractivity contribution >= 4 is 23.2 Å². The van der Waals surface area contributed by atoms with Crippen LogP contribution in [0.15, 0.2) is 60.7 Å². The zero-order valence-corrected chi connectivity index (χ0v) is 18.9. The van der Waals surface area contributed by atoms with Crippen LogP contribution < -0.4 is 25.0 Å². The Morgan fingerprint density at radius 2 is 1.55 bits per heavy atom. The maximum Gasteiger partial charge on any atom is 0.263 e. The lowest BCUT2D eigenvalue weighted by atomic mass is 10.1. The van der Waals surface area contributed by atoms with Gasteiger partial charge in [-0.3, -0.25) is 9.59 Å². The van der Waals surface area contributed by atoms with E-state index in [1.807, 2.05) is 19.0 Å². The number of amides is 2. The fraction of sp³-hybridized carbons (Fsp3) is 0.200. The predicted molar refractivity (Wildman–Crippen MR) is 126 cm³/mol. The van der Waals surface area contributed by atoms with Gasteiger partial charge in [-0.05, 0) is 48.0 Å². The summed E-state index contributed by atoms with van der Waals surface area (Å²) < 4.78 is 23.7. The molecule has 7 nitrogen and oxygen atoms in total. The van der Waals surface area contributed by atoms with Gasteiger partial charge in [-0.2, -0.15) is 0 Å². The summed E-state index contributed by atoms with van der Waals surface area (Å²) in [5, 5.41) is 5.65. The van der Waals surface area contributed by atoms with Crippen LogP contribution in [0.5, 0.6) is 11.5 Å². The molecule has 0 saturated heterocycles. The molecule has 0 atom stereocenters. The average Bonchev–Trinajstić information content (AvgIpc) is 2.82. The average molecular weight is 451 g/mol. The highest BCUT2D eigenvalue weighted by Gasteiger charge is 2.20. The molecule has 3 rings (SSSR count). The van der Waals surface area contributed by atoms with Gasteiger partial charge in [-0.15, -0.1) is 0 Å². The van der Waals surface area contributed by atoms with Crippen LogP contribution in [0.3, 0.4) is 0 Å². The molecule has 0 aliphatic carbocycles. The first-order valence-corrected chi connectivity index (χ1v) is 10.2. The Balaban J connectivity index is 1.85. The van der Waals surface area contributed by atoms with Crippen molar-refractivity contribution in [2.24, 2.45) is 0 Å². The van der Waals surface area contributed by atoms with Gasteiger partial charge in [-0.1, -0.05) is 18.2 Å². The third kappa shape index (κ3) is 5.60. The second kappa shape index (κ2) is 10.5. The van der Waals surface area contributed by atoms with Crippen LogP contribution in [0.25, 0.3) is 0 Å². The van der Waals surface area contributed by atoms with E-state index in [0.717, 1.165) is 5.56 Å². The standard InChI is InChI=1S/C25H26FN3O4/c1-29(2)20-13-12-18(28-25(31)23-21(32-3)6-5-7-22(23)33-4)14-19(20)24(30)27-15-16-8-10-17(26)11-9-16/h5-14H,15H2,1-4H3,(H,27,30)(H,28,31). The van der Waals surface area contributed by atoms with Crippen molar-refractivity contribution in [3.63, 3.8) is 0 Å². The summed E-state index contributed by atoms with van der Waals surface area (Å²) in [4.78, 5) is 27.8. The van der Waals surface area contributed by atoms with E-state index in [1.165, 1.54) is 26.4 Å². The molecule has 3 aromatic rings. The minimum Gasteiger partial charge on any atom is -0.496 e. The Labute approximate surface area is 192 Å². The number of benzene rings is 3. The molecular formula is C25H26FN3O4. The van der Waals surface area contributed by atoms with Crippen molar-refractivity contribution in [2.75, 3.05) is 38.5 Å². The zero-order valence-electron chi connectivity index (χ0n) is 18.9. The second-order valence-corrected chi connectivity index (χ2v) is 7.43. The first-order valence-electron chi connectivity index (χ1n) is 10.2. The molecule has 172 valence electrons. The Bertz CT molecular complexity index is 1120. The second-order valence-electron chi connectivity index (χ2n) is 7.43. The van der Waals surface area contributed by atoms with E-state index in [0.29, 0.717) is 28.4 Å². The minimum absolute atomic E-state index is 0.237. The van der Waals surface area contributed by atoms with Crippen LogP contribution in [0.2, 0.25) is 0 Å². The number of nitrogens with zero attached hydrogens (tertiary/aromatic N) is 1. The summed E-state index contributed by atoms with van der Waals surface area (Å²) in [6, 6.07) is 16.0. The zero-order chi connectivity index (χ0) is 24.0. The van der Waals surface area contributed by atoms with Crippen LogP contribution in [-0.4, -0.2) is 40.1 Å². The highest BCUT2D eigenvalue weighted by atomic mass is 19.1. The lowest BCUT2D eigenvalue weighted by molar-refractivity contribution is 0.0950. The summed E-state index contributed by atoms with van der Waals surface area (Å²) >= 11 is 0. The van der Waals surface area contributed by atoms with E-state index in [9.17, 15) is 14.0 Å². The molecule has 0 unspecified atom stereocenters. The largest absolute Gasteiger partial charge is 0.496 e. The van der Waals surface area contributed by atoms with Gasteiger partial charge in [0.05, 0.1) is 19.8 Å². The molecule has 0 aliphatic heterocycles. The van der Waals surface area contributed by atoms with Gasteiger partial charge in [0.25, 0.3) is 11.8 Å². The van der Waals surface area contributed by atoms with E-state index in [1.54, 1.807) is 48.5 Å². The minimum atomic E-state index is -0.431. The van der Waals surface area contributed by atoms with Gasteiger partial charge < -0.3 is 25.0 Å². The molecule has 8 heteroatoms. The molecule has 0 bridgehead atoms. The maximum absolute atomic E-state index is 13.1. The lowest BCUT2D eigenvalue weighted by Gasteiger charge is -2.19. The molecule has 0 aliphatic rings. The first kappa shape index (κ1) is 23.6. The maximum atomic E-state index is 13.1. The summed E-state index contributed by atoms with van der Waals surface area (Å²) in [5.41, 5.74) is 2.52. The highest BCUT2D eigenvalue weighted by molar-refractivity contribution is 6.09. The van der Waals surface area contributed by atoms with Crippen LogP contribution in [-0.2, 0) is 6.54 Å². The fourth-order valence-electron chi connectivity index (χ4n) is 3.33. The van der Waals surface area contributed by atoms with Crippen LogP contribution in [0.1, 0.15) is 26.3 Å². The molecule has 0 saturated carbocycles. The predicted octanol–water partition coefficient (Wildman–Crippen LogP) is 4.09. The molecule has 2 N–H and O–H groups in total. The number of halogens is 1. The molecule has 3 aromatic carbocycles.